The average molecular weight is 418 g/mol. The van der Waals surface area contributed by atoms with Crippen LogP contribution in [-0.2, 0) is 4.79 Å². The molecule has 0 radical (unpaired) electrons. The highest BCUT2D eigenvalue weighted by Gasteiger charge is 2.43. The number of rotatable bonds is 5. The van der Waals surface area contributed by atoms with Crippen molar-refractivity contribution in [1.82, 2.24) is 14.7 Å². The molecule has 3 aliphatic rings. The zero-order valence-electron chi connectivity index (χ0n) is 17.5. The Bertz CT molecular complexity index is 769. The van der Waals surface area contributed by atoms with E-state index in [0.29, 0.717) is 37.1 Å². The van der Waals surface area contributed by atoms with Gasteiger partial charge in [-0.1, -0.05) is 12.5 Å². The van der Waals surface area contributed by atoms with Crippen LogP contribution in [0.5, 0.6) is 11.5 Å². The zero-order chi connectivity index (χ0) is 21.1. The lowest BCUT2D eigenvalue weighted by atomic mass is 9.91. The van der Waals surface area contributed by atoms with E-state index in [1.165, 1.54) is 24.2 Å². The Morgan fingerprint density at radius 1 is 1.07 bits per heavy atom. The number of hydrogen-bond acceptors (Lipinski definition) is 5. The quantitative estimate of drug-likeness (QED) is 0.792. The first-order valence-electron chi connectivity index (χ1n) is 10.9. The van der Waals surface area contributed by atoms with Gasteiger partial charge in [-0.2, -0.15) is 0 Å². The van der Waals surface area contributed by atoms with Crippen LogP contribution in [0.25, 0.3) is 0 Å². The van der Waals surface area contributed by atoms with Gasteiger partial charge in [0.25, 0.3) is 0 Å². The number of benzene rings is 1. The van der Waals surface area contributed by atoms with E-state index in [-0.39, 0.29) is 18.6 Å². The highest BCUT2D eigenvalue weighted by atomic mass is 16.5. The number of methoxy groups -OCH3 is 1. The lowest BCUT2D eigenvalue weighted by molar-refractivity contribution is -0.135. The van der Waals surface area contributed by atoms with Crippen molar-refractivity contribution < 1.29 is 24.2 Å². The van der Waals surface area contributed by atoms with E-state index in [2.05, 4.69) is 4.90 Å². The van der Waals surface area contributed by atoms with Crippen LogP contribution in [0, 0.1) is 0 Å². The number of amides is 2. The first kappa shape index (κ1) is 20.8. The van der Waals surface area contributed by atoms with E-state index < -0.39 is 12.1 Å². The number of ether oxygens (including phenoxy) is 2. The van der Waals surface area contributed by atoms with Crippen molar-refractivity contribution in [3.8, 4) is 11.5 Å². The fourth-order valence-electron chi connectivity index (χ4n) is 4.68. The number of likely N-dealkylation sites (tertiary alicyclic amines) is 1. The Balaban J connectivity index is 1.39. The third-order valence-electron chi connectivity index (χ3n) is 6.57. The van der Waals surface area contributed by atoms with Gasteiger partial charge in [0, 0.05) is 44.7 Å². The third kappa shape index (κ3) is 4.48. The molecule has 2 saturated heterocycles. The first-order valence-corrected chi connectivity index (χ1v) is 10.9. The standard InChI is InChI=1S/C22H31N3O5/c1-29-17-7-3-8-18(13-17)30-19-14-20(25(15-19)22(27)28)21(26)24-10-4-9-23(11-12-24)16-5-2-6-16/h3,7-8,13,16,19-20H,2,4-6,9-12,14-15H2,1H3,(H,27,28)/t19-,20+/m0/s1. The molecule has 164 valence electrons. The van der Waals surface area contributed by atoms with E-state index >= 15 is 0 Å². The van der Waals surface area contributed by atoms with Crippen LogP contribution >= 0.6 is 0 Å². The molecule has 0 unspecified atom stereocenters. The Morgan fingerprint density at radius 3 is 2.57 bits per heavy atom. The van der Waals surface area contributed by atoms with Crippen LogP contribution in [0.15, 0.2) is 24.3 Å². The summed E-state index contributed by atoms with van der Waals surface area (Å²) in [6, 6.07) is 7.21. The molecule has 1 saturated carbocycles. The van der Waals surface area contributed by atoms with Crippen molar-refractivity contribution in [2.24, 2.45) is 0 Å². The molecule has 4 rings (SSSR count). The molecule has 0 spiro atoms. The van der Waals surface area contributed by atoms with E-state index in [4.69, 9.17) is 9.47 Å². The molecule has 1 N–H and O–H groups in total. The summed E-state index contributed by atoms with van der Waals surface area (Å²) in [5.41, 5.74) is 0. The second kappa shape index (κ2) is 9.12. The van der Waals surface area contributed by atoms with Gasteiger partial charge in [0.1, 0.15) is 23.6 Å². The minimum atomic E-state index is -1.07. The normalized spacial score (nSPS) is 25.5. The fraction of sp³-hybridized carbons (Fsp3) is 0.636. The van der Waals surface area contributed by atoms with Crippen molar-refractivity contribution in [2.75, 3.05) is 39.8 Å². The summed E-state index contributed by atoms with van der Waals surface area (Å²) in [5, 5.41) is 9.68. The molecule has 0 aromatic heterocycles. The number of carboxylic acid groups (broad SMARTS) is 1. The Hall–Kier alpha value is -2.48. The highest BCUT2D eigenvalue weighted by molar-refractivity contribution is 5.86. The van der Waals surface area contributed by atoms with E-state index in [1.807, 2.05) is 23.1 Å². The van der Waals surface area contributed by atoms with Gasteiger partial charge in [0.15, 0.2) is 0 Å². The predicted octanol–water partition coefficient (Wildman–Crippen LogP) is 2.28. The topological polar surface area (TPSA) is 82.6 Å². The summed E-state index contributed by atoms with van der Waals surface area (Å²) in [6.07, 6.45) is 3.68. The molecule has 1 aromatic carbocycles. The SMILES string of the molecule is COc1cccc(O[C@H]2C[C@H](C(=O)N3CCCN(C4CCC4)CC3)N(C(=O)O)C2)c1. The van der Waals surface area contributed by atoms with Crippen molar-refractivity contribution in [1.29, 1.82) is 0 Å². The van der Waals surface area contributed by atoms with E-state index in [0.717, 1.165) is 19.5 Å². The predicted molar refractivity (Wildman–Crippen MR) is 111 cm³/mol. The lowest BCUT2D eigenvalue weighted by Crippen LogP contribution is -2.49. The maximum absolute atomic E-state index is 13.3. The van der Waals surface area contributed by atoms with Gasteiger partial charge in [0.05, 0.1) is 13.7 Å². The zero-order valence-corrected chi connectivity index (χ0v) is 17.5. The highest BCUT2D eigenvalue weighted by Crippen LogP contribution is 2.28. The monoisotopic (exact) mass is 417 g/mol. The molecule has 1 aromatic rings. The van der Waals surface area contributed by atoms with Crippen molar-refractivity contribution in [3.63, 3.8) is 0 Å². The van der Waals surface area contributed by atoms with Crippen LogP contribution in [0.4, 0.5) is 4.79 Å². The molecule has 2 heterocycles. The van der Waals surface area contributed by atoms with Gasteiger partial charge in [-0.15, -0.1) is 0 Å². The van der Waals surface area contributed by atoms with Gasteiger partial charge in [-0.25, -0.2) is 4.79 Å². The Labute approximate surface area is 177 Å². The number of nitrogens with zero attached hydrogens (tertiary/aromatic N) is 3. The minimum Gasteiger partial charge on any atom is -0.497 e. The molecular weight excluding hydrogens is 386 g/mol. The van der Waals surface area contributed by atoms with Crippen LogP contribution in [0.1, 0.15) is 32.1 Å². The summed E-state index contributed by atoms with van der Waals surface area (Å²) in [6.45, 7) is 3.43. The van der Waals surface area contributed by atoms with Crippen LogP contribution in [0.2, 0.25) is 0 Å². The average Bonchev–Trinajstić information content (AvgIpc) is 2.98. The molecule has 2 amide bonds. The number of carbonyl (C=O) groups excluding carboxylic acids is 1. The lowest BCUT2D eigenvalue weighted by Gasteiger charge is -2.36. The molecule has 1 aliphatic carbocycles. The van der Waals surface area contributed by atoms with Crippen molar-refractivity contribution in [2.45, 2.75) is 50.3 Å². The van der Waals surface area contributed by atoms with Gasteiger partial charge >= 0.3 is 6.09 Å². The van der Waals surface area contributed by atoms with E-state index in [1.54, 1.807) is 13.2 Å². The van der Waals surface area contributed by atoms with Crippen LogP contribution < -0.4 is 9.47 Å². The summed E-state index contributed by atoms with van der Waals surface area (Å²) >= 11 is 0. The summed E-state index contributed by atoms with van der Waals surface area (Å²) in [5.74, 6) is 1.20. The third-order valence-corrected chi connectivity index (χ3v) is 6.57. The summed E-state index contributed by atoms with van der Waals surface area (Å²) < 4.78 is 11.2. The number of carbonyl (C=O) groups is 2. The Morgan fingerprint density at radius 2 is 1.87 bits per heavy atom. The molecular formula is C22H31N3O5. The molecule has 2 atom stereocenters. The maximum Gasteiger partial charge on any atom is 0.408 e. The minimum absolute atomic E-state index is 0.0930. The van der Waals surface area contributed by atoms with Crippen LogP contribution in [-0.4, -0.2) is 89.8 Å². The van der Waals surface area contributed by atoms with Gasteiger partial charge in [-0.05, 0) is 31.4 Å². The second-order valence-corrected chi connectivity index (χ2v) is 8.40. The smallest absolute Gasteiger partial charge is 0.408 e. The van der Waals surface area contributed by atoms with E-state index in [9.17, 15) is 14.7 Å². The second-order valence-electron chi connectivity index (χ2n) is 8.40. The molecule has 8 nitrogen and oxygen atoms in total. The summed E-state index contributed by atoms with van der Waals surface area (Å²) in [7, 11) is 1.59. The fourth-order valence-corrected chi connectivity index (χ4v) is 4.68. The molecule has 2 aliphatic heterocycles. The first-order chi connectivity index (χ1) is 14.5. The molecule has 30 heavy (non-hydrogen) atoms. The maximum atomic E-state index is 13.3. The van der Waals surface area contributed by atoms with Crippen molar-refractivity contribution >= 4 is 12.0 Å². The Kier molecular flexibility index (Phi) is 6.32. The number of hydrogen-bond donors (Lipinski definition) is 1. The molecule has 0 bridgehead atoms. The molecule has 8 heteroatoms. The van der Waals surface area contributed by atoms with Gasteiger partial charge in [-0.3, -0.25) is 14.6 Å². The van der Waals surface area contributed by atoms with Crippen molar-refractivity contribution in [3.05, 3.63) is 24.3 Å². The van der Waals surface area contributed by atoms with Crippen LogP contribution in [0.3, 0.4) is 0 Å². The summed E-state index contributed by atoms with van der Waals surface area (Å²) in [4.78, 5) is 30.7. The molecule has 3 fully saturated rings. The van der Waals surface area contributed by atoms with Gasteiger partial charge < -0.3 is 19.5 Å². The van der Waals surface area contributed by atoms with Gasteiger partial charge in [0.2, 0.25) is 5.91 Å². The largest absolute Gasteiger partial charge is 0.497 e.